The van der Waals surface area contributed by atoms with Crippen LogP contribution in [0.15, 0.2) is 60.9 Å². The molecular weight excluding hydrogens is 741 g/mol. The maximum absolute atomic E-state index is 13.6. The lowest BCUT2D eigenvalue weighted by molar-refractivity contribution is -0.147. The molecule has 2 heterocycles. The first-order valence-electron chi connectivity index (χ1n) is 19.9. The molecule has 0 radical (unpaired) electrons. The minimum atomic E-state index is -0.858. The average Bonchev–Trinajstić information content (AvgIpc) is 4.16. The average molecular weight is 793 g/mol. The number of carbonyl (C=O) groups is 4. The van der Waals surface area contributed by atoms with E-state index < -0.39 is 37.2 Å². The highest BCUT2D eigenvalue weighted by atomic mass is 16.5. The van der Waals surface area contributed by atoms with Crippen molar-refractivity contribution in [3.05, 3.63) is 106 Å². The fourth-order valence-electron chi connectivity index (χ4n) is 6.99. The van der Waals surface area contributed by atoms with Crippen LogP contribution in [0.1, 0.15) is 106 Å². The molecule has 2 aromatic carbocycles. The molecule has 58 heavy (non-hydrogen) atoms. The molecule has 2 aromatic heterocycles. The molecule has 0 saturated heterocycles. The Hall–Kier alpha value is -5.54. The Balaban J connectivity index is 1.15. The molecule has 2 saturated carbocycles. The Kier molecular flexibility index (Phi) is 14.0. The van der Waals surface area contributed by atoms with Crippen molar-refractivity contribution in [1.29, 1.82) is 0 Å². The number of aliphatic hydroxyl groups excluding tert-OH is 2. The molecule has 4 aromatic rings. The second kappa shape index (κ2) is 19.3. The minimum absolute atomic E-state index is 0.216. The summed E-state index contributed by atoms with van der Waals surface area (Å²) in [5, 5.41) is 31.6. The second-order valence-corrected chi connectivity index (χ2v) is 14.7. The number of nitrogens with one attached hydrogen (secondary N) is 4. The van der Waals surface area contributed by atoms with Gasteiger partial charge in [0.1, 0.15) is 23.5 Å². The summed E-state index contributed by atoms with van der Waals surface area (Å²) in [5.41, 5.74) is 8.92. The zero-order valence-electron chi connectivity index (χ0n) is 33.4. The van der Waals surface area contributed by atoms with Gasteiger partial charge in [0, 0.05) is 36.9 Å². The number of esters is 2. The molecule has 0 bridgehead atoms. The first kappa shape index (κ1) is 42.1. The number of anilines is 2. The number of carbonyl (C=O) groups excluding carboxylic acids is 4. The van der Waals surface area contributed by atoms with Crippen molar-refractivity contribution >= 4 is 35.1 Å². The normalized spacial score (nSPS) is 14.7. The Labute approximate surface area is 338 Å². The molecule has 6 N–H and O–H groups in total. The molecule has 2 amide bonds. The summed E-state index contributed by atoms with van der Waals surface area (Å²) in [5.74, 6) is -1.16. The van der Waals surface area contributed by atoms with Crippen LogP contribution in [0.2, 0.25) is 0 Å². The third-order valence-corrected chi connectivity index (χ3v) is 10.6. The number of aliphatic hydroxyl groups is 2. The van der Waals surface area contributed by atoms with Crippen molar-refractivity contribution in [2.24, 2.45) is 0 Å². The van der Waals surface area contributed by atoms with E-state index in [9.17, 15) is 29.4 Å². The number of rotatable bonds is 19. The van der Waals surface area contributed by atoms with Crippen molar-refractivity contribution in [3.63, 3.8) is 0 Å². The van der Waals surface area contributed by atoms with Crippen LogP contribution in [0, 0.1) is 13.8 Å². The van der Waals surface area contributed by atoms with Gasteiger partial charge in [0.05, 0.1) is 26.4 Å². The number of amides is 2. The molecule has 0 spiro atoms. The molecule has 2 aliphatic carbocycles. The van der Waals surface area contributed by atoms with Crippen LogP contribution in [0.3, 0.4) is 0 Å². The summed E-state index contributed by atoms with van der Waals surface area (Å²) in [6.45, 7) is 7.51. The van der Waals surface area contributed by atoms with Gasteiger partial charge in [0.15, 0.2) is 0 Å². The molecule has 6 rings (SSSR count). The number of nitrogens with zero attached hydrogens (tertiary/aromatic N) is 2. The number of hydrogen-bond donors (Lipinski definition) is 6. The molecule has 306 valence electrons. The van der Waals surface area contributed by atoms with E-state index in [4.69, 9.17) is 9.47 Å². The monoisotopic (exact) mass is 792 g/mol. The number of aromatic nitrogens is 2. The fourth-order valence-corrected chi connectivity index (χ4v) is 6.99. The van der Waals surface area contributed by atoms with Crippen LogP contribution in [0.4, 0.5) is 11.4 Å². The summed E-state index contributed by atoms with van der Waals surface area (Å²) in [6, 6.07) is 13.3. The molecule has 2 atom stereocenters. The standard InChI is InChI=1S/C44H52N6O8/c1-5-57-43(55)39(23-51)47-21-29-19-45-37(17-33(29)27-13-14-27)41(53)49-35-11-7-9-31(25(35)3)32-10-8-12-36(26(32)4)50-42(54)38-18-34(28-15-16-28)30(20-46-38)22-48-40(24-52)44(56)58-6-2/h7-12,17-20,27-28,39-40,47-48,51-52H,5-6,13-16,21-24H2,1-4H3,(H,49,53)(H,50,54)/t39-,40-/m1/s1. The molecule has 14 nitrogen and oxygen atoms in total. The van der Waals surface area contributed by atoms with Gasteiger partial charge < -0.3 is 30.3 Å². The predicted molar refractivity (Wildman–Crippen MR) is 218 cm³/mol. The third kappa shape index (κ3) is 10.1. The lowest BCUT2D eigenvalue weighted by atomic mass is 9.94. The zero-order chi connectivity index (χ0) is 41.3. The highest BCUT2D eigenvalue weighted by Gasteiger charge is 2.30. The van der Waals surface area contributed by atoms with Crippen molar-refractivity contribution in [2.75, 3.05) is 37.1 Å². The van der Waals surface area contributed by atoms with Crippen molar-refractivity contribution in [1.82, 2.24) is 20.6 Å². The first-order chi connectivity index (χ1) is 28.1. The van der Waals surface area contributed by atoms with Gasteiger partial charge in [-0.25, -0.2) is 0 Å². The fraction of sp³-hybridized carbons (Fsp3) is 0.409. The van der Waals surface area contributed by atoms with Gasteiger partial charge in [-0.15, -0.1) is 0 Å². The molecule has 2 aliphatic rings. The third-order valence-electron chi connectivity index (χ3n) is 10.6. The van der Waals surface area contributed by atoms with Gasteiger partial charge in [0.2, 0.25) is 0 Å². The number of benzene rings is 2. The minimum Gasteiger partial charge on any atom is -0.465 e. The van der Waals surface area contributed by atoms with Gasteiger partial charge in [-0.3, -0.25) is 39.8 Å². The van der Waals surface area contributed by atoms with Crippen LogP contribution >= 0.6 is 0 Å². The summed E-state index contributed by atoms with van der Waals surface area (Å²) in [4.78, 5) is 60.5. The number of hydrogen-bond acceptors (Lipinski definition) is 12. The largest absolute Gasteiger partial charge is 0.465 e. The highest BCUT2D eigenvalue weighted by molar-refractivity contribution is 6.05. The molecule has 2 fully saturated rings. The predicted octanol–water partition coefficient (Wildman–Crippen LogP) is 5.05. The maximum atomic E-state index is 13.6. The SMILES string of the molecule is CCOC(=O)[C@@H](CO)NCc1cnc(C(=O)Nc2cccc(-c3cccc(NC(=O)c4cc(C5CC5)c(CN[C@H](CO)C(=O)OCC)cn4)c3C)c2C)cc1C1CC1. The van der Waals surface area contributed by atoms with E-state index in [0.29, 0.717) is 36.3 Å². The highest BCUT2D eigenvalue weighted by Crippen LogP contribution is 2.43. The van der Waals surface area contributed by atoms with Crippen LogP contribution in [0.25, 0.3) is 11.1 Å². The topological polar surface area (TPSA) is 201 Å². The molecule has 0 unspecified atom stereocenters. The van der Waals surface area contributed by atoms with E-state index in [0.717, 1.165) is 70.2 Å². The maximum Gasteiger partial charge on any atom is 0.325 e. The van der Waals surface area contributed by atoms with E-state index in [1.54, 1.807) is 26.2 Å². The van der Waals surface area contributed by atoms with Gasteiger partial charge in [-0.2, -0.15) is 0 Å². The summed E-state index contributed by atoms with van der Waals surface area (Å²) < 4.78 is 10.1. The van der Waals surface area contributed by atoms with E-state index >= 15 is 0 Å². The van der Waals surface area contributed by atoms with Crippen LogP contribution in [-0.2, 0) is 32.2 Å². The van der Waals surface area contributed by atoms with Crippen molar-refractivity contribution < 1.29 is 38.9 Å². The van der Waals surface area contributed by atoms with Gasteiger partial charge >= 0.3 is 11.9 Å². The van der Waals surface area contributed by atoms with E-state index in [1.807, 2.05) is 62.4 Å². The first-order valence-corrected chi connectivity index (χ1v) is 19.9. The van der Waals surface area contributed by atoms with Gasteiger partial charge in [-0.05, 0) is 134 Å². The Bertz CT molecular complexity index is 2000. The summed E-state index contributed by atoms with van der Waals surface area (Å²) >= 11 is 0. The van der Waals surface area contributed by atoms with E-state index in [-0.39, 0.29) is 36.4 Å². The molecular formula is C44H52N6O8. The Morgan fingerprint density at radius 2 is 1.07 bits per heavy atom. The lowest BCUT2D eigenvalue weighted by Gasteiger charge is -2.18. The van der Waals surface area contributed by atoms with E-state index in [2.05, 4.69) is 31.2 Å². The molecule has 0 aliphatic heterocycles. The summed E-state index contributed by atoms with van der Waals surface area (Å²) in [7, 11) is 0. The quantitative estimate of drug-likeness (QED) is 0.0692. The van der Waals surface area contributed by atoms with Crippen LogP contribution in [0.5, 0.6) is 0 Å². The lowest BCUT2D eigenvalue weighted by Crippen LogP contribution is -2.40. The van der Waals surface area contributed by atoms with E-state index in [1.165, 1.54) is 0 Å². The second-order valence-electron chi connectivity index (χ2n) is 14.7. The van der Waals surface area contributed by atoms with Gasteiger partial charge in [-0.1, -0.05) is 24.3 Å². The van der Waals surface area contributed by atoms with Crippen LogP contribution < -0.4 is 21.3 Å². The van der Waals surface area contributed by atoms with Gasteiger partial charge in [0.25, 0.3) is 11.8 Å². The zero-order valence-corrected chi connectivity index (χ0v) is 33.4. The Morgan fingerprint density at radius 1 is 0.672 bits per heavy atom. The number of pyridine rings is 2. The van der Waals surface area contributed by atoms with Crippen molar-refractivity contribution in [2.45, 2.75) is 90.4 Å². The molecule has 14 heteroatoms. The van der Waals surface area contributed by atoms with Crippen molar-refractivity contribution in [3.8, 4) is 11.1 Å². The Morgan fingerprint density at radius 3 is 1.41 bits per heavy atom. The smallest absolute Gasteiger partial charge is 0.325 e. The number of ether oxygens (including phenoxy) is 2. The van der Waals surface area contributed by atoms with Crippen LogP contribution in [-0.4, -0.2) is 82.4 Å². The summed E-state index contributed by atoms with van der Waals surface area (Å²) in [6.07, 6.45) is 7.28.